The Bertz CT molecular complexity index is 1760. The molecule has 1 aliphatic carbocycles. The van der Waals surface area contributed by atoms with E-state index in [1.54, 1.807) is 30.2 Å². The summed E-state index contributed by atoms with van der Waals surface area (Å²) < 4.78 is 53.3. The van der Waals surface area contributed by atoms with Crippen LogP contribution >= 0.6 is 11.6 Å². The molecule has 6 rings (SSSR count). The van der Waals surface area contributed by atoms with E-state index in [2.05, 4.69) is 27.5 Å². The summed E-state index contributed by atoms with van der Waals surface area (Å²) in [5.41, 5.74) is 1.49. The summed E-state index contributed by atoms with van der Waals surface area (Å²) >= 11 is 6.44. The molecule has 2 amide bonds. The standard InChI is InChI=1S/C39H53ClN4O8S/c1-5-7-27-22-30(40)10-13-32(27)29-25-44-24-28-9-12-33(28)35(52-38(46)43-17-15-42(16-18-43)19-21-49-4)8-6-20-51-39(2,3)37(45)41-53(47,48)31-11-14-36(50-26-29)34(44)23-31/h6,8,10-11,13-14,22-23,28-29,33,35H,5,7,9,12,15-21,24-26H2,1-4H3,(H,41,45)/t28-,29-,33+,35-/m0/s1. The minimum absolute atomic E-state index is 0.0200. The molecular formula is C39H53ClN4O8S. The third kappa shape index (κ3) is 9.30. The lowest BCUT2D eigenvalue weighted by Gasteiger charge is -2.44. The van der Waals surface area contributed by atoms with Crippen molar-refractivity contribution in [1.29, 1.82) is 0 Å². The summed E-state index contributed by atoms with van der Waals surface area (Å²) in [6.45, 7) is 10.9. The van der Waals surface area contributed by atoms with Gasteiger partial charge in [-0.05, 0) is 86.6 Å². The van der Waals surface area contributed by atoms with Gasteiger partial charge >= 0.3 is 6.09 Å². The second-order valence-electron chi connectivity index (χ2n) is 15.0. The number of piperazine rings is 1. The summed E-state index contributed by atoms with van der Waals surface area (Å²) in [4.78, 5) is 33.1. The van der Waals surface area contributed by atoms with Crippen LogP contribution in [0.5, 0.6) is 5.75 Å². The smallest absolute Gasteiger partial charge is 0.410 e. The SMILES string of the molecule is CCCc1cc(Cl)ccc1[C@@H]1COc2ccc3cc2N(C1)C[C@@H]1CC[C@H]1[C@@H](OC(=O)N1CCN(CCOC)CC1)C=CCOC(C)(C)C(=O)NS3(=O)=O. The highest BCUT2D eigenvalue weighted by Gasteiger charge is 2.41. The molecule has 12 nitrogen and oxygen atoms in total. The Hall–Kier alpha value is -3.36. The number of benzene rings is 2. The zero-order chi connectivity index (χ0) is 37.8. The van der Waals surface area contributed by atoms with Crippen molar-refractivity contribution in [3.05, 3.63) is 64.7 Å². The number of sulfonamides is 1. The number of aryl methyl sites for hydroxylation is 1. The highest BCUT2D eigenvalue weighted by Crippen LogP contribution is 2.43. The molecule has 2 aromatic rings. The van der Waals surface area contributed by atoms with E-state index in [4.69, 9.17) is 30.5 Å². The maximum atomic E-state index is 13.6. The molecule has 1 saturated heterocycles. The number of hydrogen-bond acceptors (Lipinski definition) is 10. The quantitative estimate of drug-likeness (QED) is 0.374. The van der Waals surface area contributed by atoms with Crippen molar-refractivity contribution in [3.63, 3.8) is 0 Å². The molecule has 1 saturated carbocycles. The van der Waals surface area contributed by atoms with Crippen LogP contribution in [0.25, 0.3) is 0 Å². The van der Waals surface area contributed by atoms with Gasteiger partial charge in [-0.2, -0.15) is 0 Å². The monoisotopic (exact) mass is 772 g/mol. The van der Waals surface area contributed by atoms with E-state index in [1.165, 1.54) is 25.5 Å². The van der Waals surface area contributed by atoms with Crippen molar-refractivity contribution in [1.82, 2.24) is 14.5 Å². The van der Waals surface area contributed by atoms with E-state index < -0.39 is 27.6 Å². The number of amides is 2. The van der Waals surface area contributed by atoms with Gasteiger partial charge in [0, 0.05) is 69.8 Å². The normalized spacial score (nSPS) is 26.0. The third-order valence-electron chi connectivity index (χ3n) is 11.0. The van der Waals surface area contributed by atoms with Gasteiger partial charge in [-0.3, -0.25) is 9.69 Å². The first-order valence-electron chi connectivity index (χ1n) is 18.7. The number of methoxy groups -OCH3 is 1. The van der Waals surface area contributed by atoms with Crippen LogP contribution in [0.3, 0.4) is 0 Å². The van der Waals surface area contributed by atoms with Gasteiger partial charge in [0.15, 0.2) is 0 Å². The Labute approximate surface area is 318 Å². The van der Waals surface area contributed by atoms with Crippen LogP contribution in [-0.2, 0) is 35.4 Å². The number of nitrogens with one attached hydrogen (secondary N) is 1. The Balaban J connectivity index is 1.32. The molecular weight excluding hydrogens is 720 g/mol. The van der Waals surface area contributed by atoms with Crippen LogP contribution in [0.1, 0.15) is 57.1 Å². The zero-order valence-corrected chi connectivity index (χ0v) is 32.8. The Morgan fingerprint density at radius 2 is 1.87 bits per heavy atom. The number of ether oxygens (including phenoxy) is 4. The maximum Gasteiger partial charge on any atom is 0.410 e. The highest BCUT2D eigenvalue weighted by molar-refractivity contribution is 7.90. The number of rotatable bonds is 7. The predicted molar refractivity (Wildman–Crippen MR) is 203 cm³/mol. The summed E-state index contributed by atoms with van der Waals surface area (Å²) in [6, 6.07) is 10.7. The van der Waals surface area contributed by atoms with E-state index in [-0.39, 0.29) is 35.3 Å². The maximum absolute atomic E-state index is 13.6. The number of halogens is 1. The van der Waals surface area contributed by atoms with E-state index in [0.717, 1.165) is 50.9 Å². The molecule has 2 aromatic carbocycles. The van der Waals surface area contributed by atoms with Gasteiger partial charge in [0.25, 0.3) is 15.9 Å². The zero-order valence-electron chi connectivity index (χ0n) is 31.2. The van der Waals surface area contributed by atoms with Gasteiger partial charge < -0.3 is 28.7 Å². The van der Waals surface area contributed by atoms with Gasteiger partial charge in [-0.15, -0.1) is 0 Å². The van der Waals surface area contributed by atoms with Crippen LogP contribution in [0.2, 0.25) is 5.02 Å². The number of hydrogen-bond donors (Lipinski definition) is 1. The molecule has 4 aliphatic rings. The Morgan fingerprint density at radius 3 is 2.58 bits per heavy atom. The molecule has 290 valence electrons. The van der Waals surface area contributed by atoms with Gasteiger partial charge in [0.05, 0.1) is 30.4 Å². The molecule has 1 N–H and O–H groups in total. The molecule has 4 atom stereocenters. The Morgan fingerprint density at radius 1 is 1.08 bits per heavy atom. The van der Waals surface area contributed by atoms with Gasteiger partial charge in [-0.1, -0.05) is 37.1 Å². The summed E-state index contributed by atoms with van der Waals surface area (Å²) in [5.74, 6) is -0.0953. The molecule has 0 aromatic heterocycles. The number of carbonyl (C=O) groups is 2. The minimum Gasteiger partial charge on any atom is -0.491 e. The lowest BCUT2D eigenvalue weighted by atomic mass is 9.70. The van der Waals surface area contributed by atoms with Crippen LogP contribution in [-0.4, -0.2) is 115 Å². The van der Waals surface area contributed by atoms with Crippen molar-refractivity contribution >= 4 is 39.3 Å². The first-order chi connectivity index (χ1) is 25.4. The number of nitrogens with zero attached hydrogens (tertiary/aromatic N) is 3. The van der Waals surface area contributed by atoms with Gasteiger partial charge in [0.1, 0.15) is 17.5 Å². The fourth-order valence-electron chi connectivity index (χ4n) is 7.65. The van der Waals surface area contributed by atoms with Crippen LogP contribution in [0.15, 0.2) is 53.4 Å². The molecule has 3 aliphatic heterocycles. The summed E-state index contributed by atoms with van der Waals surface area (Å²) in [5, 5.41) is 0.685. The molecule has 0 unspecified atom stereocenters. The van der Waals surface area contributed by atoms with Crippen LogP contribution < -0.4 is 14.4 Å². The second-order valence-corrected chi connectivity index (χ2v) is 17.1. The summed E-state index contributed by atoms with van der Waals surface area (Å²) in [7, 11) is -2.56. The van der Waals surface area contributed by atoms with E-state index >= 15 is 0 Å². The van der Waals surface area contributed by atoms with E-state index in [0.29, 0.717) is 55.9 Å². The van der Waals surface area contributed by atoms with Crippen LogP contribution in [0.4, 0.5) is 10.5 Å². The van der Waals surface area contributed by atoms with E-state index in [9.17, 15) is 18.0 Å². The van der Waals surface area contributed by atoms with Crippen LogP contribution in [0, 0.1) is 11.8 Å². The molecule has 14 heteroatoms. The van der Waals surface area contributed by atoms with E-state index in [1.807, 2.05) is 18.2 Å². The van der Waals surface area contributed by atoms with Crippen molar-refractivity contribution in [2.24, 2.45) is 11.8 Å². The Kier molecular flexibility index (Phi) is 12.6. The first kappa shape index (κ1) is 39.3. The lowest BCUT2D eigenvalue weighted by Crippen LogP contribution is -2.51. The molecule has 53 heavy (non-hydrogen) atoms. The fraction of sp³-hybridized carbons (Fsp3) is 0.590. The van der Waals surface area contributed by atoms with Crippen molar-refractivity contribution in [2.45, 2.75) is 69.0 Å². The molecule has 0 spiro atoms. The summed E-state index contributed by atoms with van der Waals surface area (Å²) in [6.07, 6.45) is 6.37. The predicted octanol–water partition coefficient (Wildman–Crippen LogP) is 5.24. The van der Waals surface area contributed by atoms with Gasteiger partial charge in [-0.25, -0.2) is 17.9 Å². The molecule has 2 bridgehead atoms. The number of fused-ring (bicyclic) bond motifs is 2. The average Bonchev–Trinajstić information content (AvgIpc) is 3.29. The lowest BCUT2D eigenvalue weighted by molar-refractivity contribution is -0.139. The van der Waals surface area contributed by atoms with Crippen molar-refractivity contribution in [3.8, 4) is 5.75 Å². The fourth-order valence-corrected chi connectivity index (χ4v) is 8.96. The molecule has 3 heterocycles. The van der Waals surface area contributed by atoms with Crippen molar-refractivity contribution in [2.75, 3.05) is 77.6 Å². The largest absolute Gasteiger partial charge is 0.491 e. The van der Waals surface area contributed by atoms with Gasteiger partial charge in [0.2, 0.25) is 0 Å². The first-order valence-corrected chi connectivity index (χ1v) is 20.6. The number of carbonyl (C=O) groups excluding carboxylic acids is 2. The van der Waals surface area contributed by atoms with Crippen molar-refractivity contribution < 1.29 is 37.0 Å². The minimum atomic E-state index is -4.24. The number of anilines is 1. The third-order valence-corrected chi connectivity index (χ3v) is 12.6. The topological polar surface area (TPSA) is 127 Å². The molecule has 2 fully saturated rings. The average molecular weight is 773 g/mol. The highest BCUT2D eigenvalue weighted by atomic mass is 35.5. The second kappa shape index (κ2) is 17.0. The molecule has 0 radical (unpaired) electrons.